The number of rotatable bonds is 3. The van der Waals surface area contributed by atoms with Gasteiger partial charge in [0.1, 0.15) is 18.8 Å². The van der Waals surface area contributed by atoms with Crippen molar-refractivity contribution in [2.24, 2.45) is 0 Å². The van der Waals surface area contributed by atoms with Gasteiger partial charge in [0.15, 0.2) is 0 Å². The summed E-state index contributed by atoms with van der Waals surface area (Å²) in [6.07, 6.45) is -0.429. The molecule has 1 heterocycles. The van der Waals surface area contributed by atoms with Crippen LogP contribution in [0.2, 0.25) is 0 Å². The lowest BCUT2D eigenvalue weighted by Crippen LogP contribution is -2.32. The third-order valence-corrected chi connectivity index (χ3v) is 2.78. The fraction of sp³-hybridized carbons (Fsp3) is 0.462. The normalized spacial score (nSPS) is 25.9. The van der Waals surface area contributed by atoms with E-state index in [1.807, 2.05) is 0 Å². The van der Waals surface area contributed by atoms with E-state index in [1.165, 1.54) is 6.92 Å². The molecule has 18 heavy (non-hydrogen) atoms. The Morgan fingerprint density at radius 3 is 2.61 bits per heavy atom. The molecule has 3 nitrogen and oxygen atoms in total. The van der Waals surface area contributed by atoms with Gasteiger partial charge in [0.25, 0.3) is 5.92 Å². The maximum Gasteiger partial charge on any atom is 0.338 e. The van der Waals surface area contributed by atoms with Crippen LogP contribution in [0, 0.1) is 0 Å². The highest BCUT2D eigenvalue weighted by Gasteiger charge is 2.48. The molecule has 98 valence electrons. The summed E-state index contributed by atoms with van der Waals surface area (Å²) in [5, 5.41) is 0. The Morgan fingerprint density at radius 1 is 1.39 bits per heavy atom. The smallest absolute Gasteiger partial charge is 0.338 e. The van der Waals surface area contributed by atoms with Crippen LogP contribution in [-0.2, 0) is 9.47 Å². The zero-order valence-electron chi connectivity index (χ0n) is 9.99. The van der Waals surface area contributed by atoms with E-state index in [2.05, 4.69) is 0 Å². The molecule has 2 rings (SSSR count). The molecule has 0 radical (unpaired) electrons. The van der Waals surface area contributed by atoms with E-state index < -0.39 is 30.5 Å². The second kappa shape index (κ2) is 4.65. The van der Waals surface area contributed by atoms with E-state index in [1.54, 1.807) is 30.3 Å². The molecule has 0 saturated carbocycles. The second-order valence-corrected chi connectivity index (χ2v) is 4.71. The van der Waals surface area contributed by atoms with E-state index in [0.29, 0.717) is 5.56 Å². The van der Waals surface area contributed by atoms with E-state index >= 15 is 0 Å². The van der Waals surface area contributed by atoms with Gasteiger partial charge in [-0.05, 0) is 19.1 Å². The molecule has 1 aliphatic heterocycles. The molecule has 0 N–H and O–H groups in total. The predicted molar refractivity (Wildman–Crippen MR) is 60.6 cm³/mol. The molecule has 0 aromatic heterocycles. The van der Waals surface area contributed by atoms with Crippen LogP contribution >= 0.6 is 0 Å². The van der Waals surface area contributed by atoms with Crippen molar-refractivity contribution in [1.29, 1.82) is 0 Å². The Bertz CT molecular complexity index is 433. The third kappa shape index (κ3) is 3.04. The molecule has 0 bridgehead atoms. The summed E-state index contributed by atoms with van der Waals surface area (Å²) < 4.78 is 36.1. The molecule has 0 amide bonds. The number of halogens is 2. The fourth-order valence-electron chi connectivity index (χ4n) is 1.90. The molecular weight excluding hydrogens is 242 g/mol. The molecule has 1 aromatic carbocycles. The lowest BCUT2D eigenvalue weighted by Gasteiger charge is -2.22. The molecule has 1 aliphatic rings. The number of benzene rings is 1. The van der Waals surface area contributed by atoms with Crippen molar-refractivity contribution in [3.05, 3.63) is 35.9 Å². The first-order valence-corrected chi connectivity index (χ1v) is 5.64. The number of hydrogen-bond acceptors (Lipinski definition) is 3. The molecule has 1 aromatic rings. The maximum absolute atomic E-state index is 13.0. The topological polar surface area (TPSA) is 35.5 Å². The highest BCUT2D eigenvalue weighted by molar-refractivity contribution is 5.89. The number of carbonyl (C=O) groups is 1. The van der Waals surface area contributed by atoms with Gasteiger partial charge in [-0.3, -0.25) is 0 Å². The molecular formula is C13H14F2O3. The SMILES string of the molecule is CC1(COC(=O)c2ccccc2)CC(F)(F)CO1. The Morgan fingerprint density at radius 2 is 2.06 bits per heavy atom. The summed E-state index contributed by atoms with van der Waals surface area (Å²) in [6.45, 7) is 0.731. The van der Waals surface area contributed by atoms with Gasteiger partial charge in [-0.15, -0.1) is 0 Å². The number of carbonyl (C=O) groups excluding carboxylic acids is 1. The van der Waals surface area contributed by atoms with Gasteiger partial charge in [0, 0.05) is 6.42 Å². The van der Waals surface area contributed by atoms with Crippen molar-refractivity contribution in [3.63, 3.8) is 0 Å². The van der Waals surface area contributed by atoms with Crippen LogP contribution in [0.1, 0.15) is 23.7 Å². The van der Waals surface area contributed by atoms with Crippen LogP contribution in [0.3, 0.4) is 0 Å². The maximum atomic E-state index is 13.0. The van der Waals surface area contributed by atoms with Crippen molar-refractivity contribution >= 4 is 5.97 Å². The van der Waals surface area contributed by atoms with Crippen molar-refractivity contribution in [1.82, 2.24) is 0 Å². The lowest BCUT2D eigenvalue weighted by atomic mass is 10.0. The van der Waals surface area contributed by atoms with E-state index in [4.69, 9.17) is 9.47 Å². The summed E-state index contributed by atoms with van der Waals surface area (Å²) in [4.78, 5) is 11.6. The standard InChI is InChI=1S/C13H14F2O3/c1-12(7-13(14,15)9-18-12)8-17-11(16)10-5-3-2-4-6-10/h2-6H,7-9H2,1H3. The molecule has 5 heteroatoms. The zero-order valence-corrected chi connectivity index (χ0v) is 9.99. The van der Waals surface area contributed by atoms with E-state index in [9.17, 15) is 13.6 Å². The summed E-state index contributed by atoms with van der Waals surface area (Å²) in [6, 6.07) is 8.40. The third-order valence-electron chi connectivity index (χ3n) is 2.78. The second-order valence-electron chi connectivity index (χ2n) is 4.71. The lowest BCUT2D eigenvalue weighted by molar-refractivity contribution is -0.0445. The molecule has 1 fully saturated rings. The van der Waals surface area contributed by atoms with E-state index in [0.717, 1.165) is 0 Å². The van der Waals surface area contributed by atoms with E-state index in [-0.39, 0.29) is 6.61 Å². The Balaban J connectivity index is 1.91. The molecule has 1 saturated heterocycles. The number of esters is 1. The van der Waals surface area contributed by atoms with Gasteiger partial charge in [-0.2, -0.15) is 0 Å². The number of hydrogen-bond donors (Lipinski definition) is 0. The quantitative estimate of drug-likeness (QED) is 0.780. The average Bonchev–Trinajstić information content (AvgIpc) is 2.62. The van der Waals surface area contributed by atoms with Crippen LogP contribution < -0.4 is 0 Å². The molecule has 0 aliphatic carbocycles. The van der Waals surface area contributed by atoms with Crippen molar-refractivity contribution in [2.75, 3.05) is 13.2 Å². The number of alkyl halides is 2. The van der Waals surface area contributed by atoms with Crippen molar-refractivity contribution < 1.29 is 23.0 Å². The fourth-order valence-corrected chi connectivity index (χ4v) is 1.90. The van der Waals surface area contributed by atoms with Crippen molar-refractivity contribution in [3.8, 4) is 0 Å². The Kier molecular flexibility index (Phi) is 3.34. The summed E-state index contributed by atoms with van der Waals surface area (Å²) in [7, 11) is 0. The van der Waals surface area contributed by atoms with Crippen LogP contribution in [0.15, 0.2) is 30.3 Å². The minimum absolute atomic E-state index is 0.170. The highest BCUT2D eigenvalue weighted by Crippen LogP contribution is 2.36. The number of ether oxygens (including phenoxy) is 2. The first kappa shape index (κ1) is 13.0. The summed E-state index contributed by atoms with van der Waals surface area (Å²) in [5.41, 5.74) is -0.709. The monoisotopic (exact) mass is 256 g/mol. The van der Waals surface area contributed by atoms with Gasteiger partial charge < -0.3 is 9.47 Å². The van der Waals surface area contributed by atoms with Gasteiger partial charge in [-0.1, -0.05) is 18.2 Å². The average molecular weight is 256 g/mol. The van der Waals surface area contributed by atoms with Crippen molar-refractivity contribution in [2.45, 2.75) is 24.9 Å². The predicted octanol–water partition coefficient (Wildman–Crippen LogP) is 2.66. The first-order chi connectivity index (χ1) is 8.40. The summed E-state index contributed by atoms with van der Waals surface area (Å²) >= 11 is 0. The minimum Gasteiger partial charge on any atom is -0.459 e. The van der Waals surface area contributed by atoms with Gasteiger partial charge in [0.2, 0.25) is 0 Å². The zero-order chi connectivity index (χ0) is 13.2. The molecule has 1 atom stereocenters. The van der Waals surface area contributed by atoms with Crippen LogP contribution in [0.4, 0.5) is 8.78 Å². The van der Waals surface area contributed by atoms with Crippen LogP contribution in [0.25, 0.3) is 0 Å². The minimum atomic E-state index is -2.84. The van der Waals surface area contributed by atoms with Crippen LogP contribution in [0.5, 0.6) is 0 Å². The summed E-state index contributed by atoms with van der Waals surface area (Å²) in [5.74, 6) is -3.37. The Hall–Kier alpha value is -1.49. The molecule has 1 unspecified atom stereocenters. The largest absolute Gasteiger partial charge is 0.459 e. The molecule has 0 spiro atoms. The van der Waals surface area contributed by atoms with Gasteiger partial charge >= 0.3 is 5.97 Å². The first-order valence-electron chi connectivity index (χ1n) is 5.64. The van der Waals surface area contributed by atoms with Gasteiger partial charge in [-0.25, -0.2) is 13.6 Å². The Labute approximate surface area is 104 Å². The van der Waals surface area contributed by atoms with Gasteiger partial charge in [0.05, 0.1) is 5.56 Å². The van der Waals surface area contributed by atoms with Crippen LogP contribution in [-0.4, -0.2) is 30.7 Å². The highest BCUT2D eigenvalue weighted by atomic mass is 19.3.